The molecule has 0 bridgehead atoms. The Morgan fingerprint density at radius 2 is 0.971 bits per heavy atom. The Kier molecular flexibility index (Phi) is 13.5. The zero-order valence-electron chi connectivity index (χ0n) is 38.8. The van der Waals surface area contributed by atoms with E-state index in [2.05, 4.69) is 20.6 Å². The smallest absolute Gasteiger partial charge is 0.229 e. The summed E-state index contributed by atoms with van der Waals surface area (Å²) >= 11 is 11.9. The second kappa shape index (κ2) is 19.9. The highest BCUT2D eigenvalue weighted by atomic mass is 35.5. The first kappa shape index (κ1) is 47.6. The normalized spacial score (nSPS) is 14.6. The maximum Gasteiger partial charge on any atom is 0.229 e. The van der Waals surface area contributed by atoms with Gasteiger partial charge in [0.1, 0.15) is 46.1 Å². The molecule has 0 saturated heterocycles. The molecule has 70 heavy (non-hydrogen) atoms. The fourth-order valence-electron chi connectivity index (χ4n) is 8.90. The van der Waals surface area contributed by atoms with Crippen molar-refractivity contribution in [2.75, 3.05) is 62.8 Å². The van der Waals surface area contributed by atoms with Crippen molar-refractivity contribution in [1.29, 1.82) is 0 Å². The molecule has 0 amide bonds. The first-order valence-corrected chi connectivity index (χ1v) is 22.8. The number of aromatic nitrogens is 8. The third-order valence-corrected chi connectivity index (χ3v) is 12.5. The predicted octanol–water partition coefficient (Wildman–Crippen LogP) is 11.0. The van der Waals surface area contributed by atoms with Crippen LogP contribution in [0.4, 0.5) is 52.5 Å². The van der Waals surface area contributed by atoms with Crippen LogP contribution >= 0.6 is 23.2 Å². The Bertz CT molecular complexity index is 3030. The maximum absolute atomic E-state index is 14.0. The van der Waals surface area contributed by atoms with Crippen molar-refractivity contribution in [3.8, 4) is 22.9 Å². The highest BCUT2D eigenvalue weighted by molar-refractivity contribution is 6.29. The number of hydrogen-bond acceptors (Lipinski definition) is 12. The van der Waals surface area contributed by atoms with E-state index in [-0.39, 0.29) is 11.8 Å². The van der Waals surface area contributed by atoms with Crippen LogP contribution in [0.15, 0.2) is 97.8 Å². The van der Waals surface area contributed by atoms with Gasteiger partial charge in [-0.15, -0.1) is 0 Å². The largest absolute Gasteiger partial charge is 0.494 e. The maximum atomic E-state index is 14.0. The minimum Gasteiger partial charge on any atom is -0.494 e. The molecule has 0 radical (unpaired) electrons. The number of hydrogen-bond donors (Lipinski definition) is 2. The molecule has 2 aliphatic rings. The van der Waals surface area contributed by atoms with Crippen molar-refractivity contribution >= 4 is 58.1 Å². The van der Waals surface area contributed by atoms with Gasteiger partial charge in [-0.25, -0.2) is 37.5 Å². The van der Waals surface area contributed by atoms with Crippen molar-refractivity contribution in [1.82, 2.24) is 39.0 Å². The van der Waals surface area contributed by atoms with Gasteiger partial charge in [0, 0.05) is 87.1 Å². The van der Waals surface area contributed by atoms with Gasteiger partial charge in [-0.05, 0) is 85.3 Å². The zero-order valence-corrected chi connectivity index (χ0v) is 40.3. The van der Waals surface area contributed by atoms with E-state index in [1.54, 1.807) is 60.5 Å². The van der Waals surface area contributed by atoms with Crippen molar-refractivity contribution in [2.24, 2.45) is 0 Å². The summed E-state index contributed by atoms with van der Waals surface area (Å²) in [6.45, 7) is 0. The molecule has 4 aromatic heterocycles. The summed E-state index contributed by atoms with van der Waals surface area (Å²) in [4.78, 5) is 31.0. The first-order chi connectivity index (χ1) is 33.7. The molecule has 0 saturated carbocycles. The second-order valence-electron chi connectivity index (χ2n) is 17.0. The number of ether oxygens (including phenoxy) is 2. The second-order valence-corrected chi connectivity index (χ2v) is 17.8. The quantitative estimate of drug-likeness (QED) is 0.113. The lowest BCUT2D eigenvalue weighted by Gasteiger charge is -2.19. The van der Waals surface area contributed by atoms with Gasteiger partial charge >= 0.3 is 0 Å². The Hall–Kier alpha value is -7.44. The van der Waals surface area contributed by atoms with Gasteiger partial charge in [0.15, 0.2) is 23.3 Å². The molecule has 0 aliphatic heterocycles. The lowest BCUT2D eigenvalue weighted by molar-refractivity contribution is 0.413. The highest BCUT2D eigenvalue weighted by Crippen LogP contribution is 2.43. The minimum absolute atomic E-state index is 0.148. The average molecular weight is 994 g/mol. The zero-order chi connectivity index (χ0) is 49.4. The molecule has 360 valence electrons. The van der Waals surface area contributed by atoms with E-state index in [9.17, 15) is 17.6 Å². The summed E-state index contributed by atoms with van der Waals surface area (Å²) in [5.41, 5.74) is 8.05. The molecule has 8 aromatic rings. The van der Waals surface area contributed by atoms with E-state index in [0.717, 1.165) is 94.7 Å². The molecule has 0 unspecified atom stereocenters. The van der Waals surface area contributed by atoms with Gasteiger partial charge in [0.25, 0.3) is 0 Å². The summed E-state index contributed by atoms with van der Waals surface area (Å²) in [7, 11) is 10.9. The number of halogens is 6. The molecule has 4 aromatic carbocycles. The molecular formula is C50H46Cl2F4N12O2. The molecule has 10 rings (SSSR count). The van der Waals surface area contributed by atoms with E-state index >= 15 is 0 Å². The molecule has 4 heterocycles. The third kappa shape index (κ3) is 9.73. The SMILES string of the molecule is COc1cc(Nc2nc3c(c(N(C)C)n2)CC[C@@H]3c2ccc(F)c(F)c2)ccc1-n1cnc(Cl)c1.COc1cc(Nc2nc3c(c(N(C)C)n2)CC[C@H]3c2ccc(F)c(F)c2)ccc1-n1cnc(Cl)c1. The van der Waals surface area contributed by atoms with Crippen molar-refractivity contribution in [3.63, 3.8) is 0 Å². The number of benzene rings is 4. The summed E-state index contributed by atoms with van der Waals surface area (Å²) in [5.74, 6) is -0.123. The molecule has 20 heteroatoms. The van der Waals surface area contributed by atoms with Gasteiger partial charge in [-0.2, -0.15) is 9.97 Å². The van der Waals surface area contributed by atoms with Gasteiger partial charge < -0.3 is 39.0 Å². The van der Waals surface area contributed by atoms with E-state index in [1.165, 1.54) is 12.1 Å². The molecular weight excluding hydrogens is 948 g/mol. The van der Waals surface area contributed by atoms with Crippen LogP contribution in [0.1, 0.15) is 58.3 Å². The summed E-state index contributed by atoms with van der Waals surface area (Å²) < 4.78 is 69.6. The minimum atomic E-state index is -0.860. The average Bonchev–Trinajstić information content (AvgIpc) is 4.18. The van der Waals surface area contributed by atoms with Crippen LogP contribution in [0, 0.1) is 23.3 Å². The van der Waals surface area contributed by atoms with Gasteiger partial charge in [0.05, 0.1) is 37.0 Å². The fourth-order valence-corrected chi connectivity index (χ4v) is 9.20. The lowest BCUT2D eigenvalue weighted by atomic mass is 9.96. The standard InChI is InChI=1S/2C25H23ClF2N6O/c2*1-33(2)24-17-7-6-16(14-4-8-18(27)19(28)10-14)23(17)31-25(32-24)30-15-5-9-20(21(11-15)35-3)34-12-22(26)29-13-34/h2*4-5,8-13,16H,6-7H2,1-3H3,(H,30,31,32)/t2*16-/m10/s1. The van der Waals surface area contributed by atoms with Crippen LogP contribution in [0.5, 0.6) is 11.5 Å². The lowest BCUT2D eigenvalue weighted by Crippen LogP contribution is -2.16. The fraction of sp³-hybridized carbons (Fsp3) is 0.240. The van der Waals surface area contributed by atoms with Crippen LogP contribution in [0.25, 0.3) is 11.4 Å². The van der Waals surface area contributed by atoms with Crippen LogP contribution in [-0.4, -0.2) is 81.4 Å². The highest BCUT2D eigenvalue weighted by Gasteiger charge is 2.32. The molecule has 2 atom stereocenters. The Morgan fingerprint density at radius 1 is 0.557 bits per heavy atom. The molecule has 2 N–H and O–H groups in total. The number of rotatable bonds is 12. The summed E-state index contributed by atoms with van der Waals surface area (Å²) in [6, 6.07) is 19.3. The number of fused-ring (bicyclic) bond motifs is 2. The van der Waals surface area contributed by atoms with Gasteiger partial charge in [-0.3, -0.25) is 0 Å². The first-order valence-electron chi connectivity index (χ1n) is 22.0. The number of anilines is 6. The van der Waals surface area contributed by atoms with E-state index in [0.29, 0.717) is 44.8 Å². The van der Waals surface area contributed by atoms with E-state index in [1.807, 2.05) is 74.4 Å². The summed E-state index contributed by atoms with van der Waals surface area (Å²) in [5, 5.41) is 7.30. The molecule has 0 spiro atoms. The Balaban J connectivity index is 0.000000174. The van der Waals surface area contributed by atoms with Crippen LogP contribution in [0.3, 0.4) is 0 Å². The van der Waals surface area contributed by atoms with E-state index in [4.69, 9.17) is 52.6 Å². The molecule has 2 aliphatic carbocycles. The number of methoxy groups -OCH3 is 2. The van der Waals surface area contributed by atoms with Crippen LogP contribution < -0.4 is 29.9 Å². The van der Waals surface area contributed by atoms with Crippen molar-refractivity contribution in [2.45, 2.75) is 37.5 Å². The Morgan fingerprint density at radius 3 is 1.31 bits per heavy atom. The van der Waals surface area contributed by atoms with Crippen LogP contribution in [-0.2, 0) is 12.8 Å². The van der Waals surface area contributed by atoms with Gasteiger partial charge in [0.2, 0.25) is 11.9 Å². The number of nitrogens with one attached hydrogen (secondary N) is 2. The number of imidazole rings is 2. The van der Waals surface area contributed by atoms with E-state index < -0.39 is 23.3 Å². The monoisotopic (exact) mass is 992 g/mol. The van der Waals surface area contributed by atoms with Crippen molar-refractivity contribution in [3.05, 3.63) is 165 Å². The predicted molar refractivity (Wildman–Crippen MR) is 263 cm³/mol. The van der Waals surface area contributed by atoms with Gasteiger partial charge in [-0.1, -0.05) is 35.3 Å². The molecule has 14 nitrogen and oxygen atoms in total. The Labute approximate surface area is 410 Å². The van der Waals surface area contributed by atoms with Crippen LogP contribution in [0.2, 0.25) is 10.3 Å². The van der Waals surface area contributed by atoms with Crippen molar-refractivity contribution < 1.29 is 27.0 Å². The summed E-state index contributed by atoms with van der Waals surface area (Å²) in [6.07, 6.45) is 9.60. The topological polar surface area (TPSA) is 136 Å². The molecule has 0 fully saturated rings. The number of nitrogens with zero attached hydrogens (tertiary/aromatic N) is 10. The third-order valence-electron chi connectivity index (χ3n) is 12.1.